The molecule has 4 aliphatic carbocycles. The van der Waals surface area contributed by atoms with Gasteiger partial charge in [0.25, 0.3) is 0 Å². The minimum atomic E-state index is -0.778. The fourth-order valence-corrected chi connectivity index (χ4v) is 4.96. The van der Waals surface area contributed by atoms with Crippen LogP contribution in [-0.4, -0.2) is 28.9 Å². The maximum atomic E-state index is 7.92. The lowest BCUT2D eigenvalue weighted by molar-refractivity contribution is -0.0103. The van der Waals surface area contributed by atoms with Gasteiger partial charge in [0.05, 0.1) is 17.7 Å². The van der Waals surface area contributed by atoms with Crippen LogP contribution in [0.3, 0.4) is 0 Å². The number of hydrogen-bond donors (Lipinski definition) is 8. The summed E-state index contributed by atoms with van der Waals surface area (Å²) in [4.78, 5) is 0. The van der Waals surface area contributed by atoms with E-state index >= 15 is 0 Å². The van der Waals surface area contributed by atoms with Gasteiger partial charge in [0, 0.05) is 5.54 Å². The maximum absolute atomic E-state index is 7.92. The molecule has 4 rings (SSSR count). The minimum absolute atomic E-state index is 0.0741. The van der Waals surface area contributed by atoms with Crippen molar-refractivity contribution in [2.75, 3.05) is 0 Å². The van der Waals surface area contributed by atoms with E-state index in [1.165, 1.54) is 38.5 Å². The van der Waals surface area contributed by atoms with Gasteiger partial charge in [-0.1, -0.05) is 0 Å². The van der Waals surface area contributed by atoms with Crippen LogP contribution in [0, 0.1) is 44.8 Å². The standard InChI is InChI=1S/C13H22N4.C5H12N4/c14-11(15)4-12(16)17-13-5-8-1-9(6-13)3-10(2-8)7-13;1-5(2,3(6)7)4(8)9/h8-10H,1-7H2,(H3,14,15)(H2,16,17);1-2H3,(H3,6,7)(H3,8,9). The summed E-state index contributed by atoms with van der Waals surface area (Å²) < 4.78 is 0. The van der Waals surface area contributed by atoms with Gasteiger partial charge >= 0.3 is 0 Å². The summed E-state index contributed by atoms with van der Waals surface area (Å²) in [6.07, 6.45) is 8.24. The Morgan fingerprint density at radius 1 is 0.885 bits per heavy atom. The zero-order valence-corrected chi connectivity index (χ0v) is 15.9. The summed E-state index contributed by atoms with van der Waals surface area (Å²) >= 11 is 0. The van der Waals surface area contributed by atoms with E-state index in [4.69, 9.17) is 38.8 Å². The van der Waals surface area contributed by atoms with Gasteiger partial charge < -0.3 is 22.5 Å². The molecule has 0 radical (unpaired) electrons. The van der Waals surface area contributed by atoms with Crippen molar-refractivity contribution in [3.8, 4) is 0 Å². The normalized spacial score (nSPS) is 31.5. The van der Waals surface area contributed by atoms with E-state index in [0.29, 0.717) is 5.84 Å². The van der Waals surface area contributed by atoms with Crippen LogP contribution >= 0.6 is 0 Å². The average Bonchev–Trinajstić information content (AvgIpc) is 2.44. The van der Waals surface area contributed by atoms with Crippen LogP contribution in [0.5, 0.6) is 0 Å². The van der Waals surface area contributed by atoms with Crippen LogP contribution in [0.1, 0.15) is 58.8 Å². The lowest BCUT2D eigenvalue weighted by Gasteiger charge is -2.57. The Labute approximate surface area is 155 Å². The van der Waals surface area contributed by atoms with Gasteiger partial charge in [0.2, 0.25) is 0 Å². The molecule has 0 spiro atoms. The molecule has 0 heterocycles. The summed E-state index contributed by atoms with van der Waals surface area (Å²) in [5.74, 6) is 3.05. The van der Waals surface area contributed by atoms with Crippen molar-refractivity contribution in [3.05, 3.63) is 0 Å². The first-order valence-corrected chi connectivity index (χ1v) is 9.31. The Kier molecular flexibility index (Phi) is 5.63. The SMILES string of the molecule is CC(C)(C(=N)N)C(=N)N.N=C(N)CC(=N)NC12CC3CC(CC(C3)C1)C2. The molecule has 0 saturated heterocycles. The predicted octanol–water partition coefficient (Wildman–Crippen LogP) is 1.73. The van der Waals surface area contributed by atoms with Crippen LogP contribution in [0.25, 0.3) is 0 Å². The Morgan fingerprint density at radius 3 is 1.54 bits per heavy atom. The van der Waals surface area contributed by atoms with Crippen molar-refractivity contribution in [1.29, 1.82) is 21.6 Å². The van der Waals surface area contributed by atoms with E-state index in [0.717, 1.165) is 17.8 Å². The molecule has 0 amide bonds. The fourth-order valence-electron chi connectivity index (χ4n) is 4.96. The summed E-state index contributed by atoms with van der Waals surface area (Å²) in [5.41, 5.74) is 15.0. The maximum Gasteiger partial charge on any atom is 0.104 e. The van der Waals surface area contributed by atoms with Crippen molar-refractivity contribution in [3.63, 3.8) is 0 Å². The topological polar surface area (TPSA) is 185 Å². The lowest BCUT2D eigenvalue weighted by atomic mass is 9.53. The van der Waals surface area contributed by atoms with Gasteiger partial charge in [-0.3, -0.25) is 21.6 Å². The third-order valence-corrected chi connectivity index (χ3v) is 6.17. The molecular formula is C18H34N8. The van der Waals surface area contributed by atoms with Gasteiger partial charge in [-0.2, -0.15) is 0 Å². The van der Waals surface area contributed by atoms with E-state index in [-0.39, 0.29) is 29.5 Å². The second-order valence-corrected chi connectivity index (χ2v) is 8.96. The Balaban J connectivity index is 0.000000232. The zero-order valence-electron chi connectivity index (χ0n) is 15.9. The van der Waals surface area contributed by atoms with Gasteiger partial charge in [-0.25, -0.2) is 0 Å². The second kappa shape index (κ2) is 7.25. The lowest BCUT2D eigenvalue weighted by Crippen LogP contribution is -2.60. The molecule has 4 bridgehead atoms. The first kappa shape index (κ1) is 20.2. The van der Waals surface area contributed by atoms with Crippen LogP contribution < -0.4 is 22.5 Å². The number of rotatable bonds is 5. The molecule has 26 heavy (non-hydrogen) atoms. The minimum Gasteiger partial charge on any atom is -0.387 e. The van der Waals surface area contributed by atoms with Gasteiger partial charge in [-0.15, -0.1) is 0 Å². The van der Waals surface area contributed by atoms with Crippen molar-refractivity contribution in [2.45, 2.75) is 64.3 Å². The van der Waals surface area contributed by atoms with E-state index in [1.807, 2.05) is 0 Å². The summed E-state index contributed by atoms with van der Waals surface area (Å²) in [5, 5.41) is 32.6. The van der Waals surface area contributed by atoms with Crippen LogP contribution in [-0.2, 0) is 0 Å². The summed E-state index contributed by atoms with van der Waals surface area (Å²) in [6, 6.07) is 0. The van der Waals surface area contributed by atoms with Crippen LogP contribution in [0.2, 0.25) is 0 Å². The van der Waals surface area contributed by atoms with E-state index in [9.17, 15) is 0 Å². The number of nitrogens with two attached hydrogens (primary N) is 3. The van der Waals surface area contributed by atoms with Gasteiger partial charge in [0.1, 0.15) is 17.5 Å². The predicted molar refractivity (Wildman–Crippen MR) is 106 cm³/mol. The molecule has 4 saturated carbocycles. The molecule has 0 aromatic carbocycles. The van der Waals surface area contributed by atoms with Crippen LogP contribution in [0.15, 0.2) is 0 Å². The molecule has 0 aliphatic heterocycles. The Bertz CT molecular complexity index is 555. The Hall–Kier alpha value is -2.12. The third kappa shape index (κ3) is 4.53. The van der Waals surface area contributed by atoms with Crippen molar-refractivity contribution in [1.82, 2.24) is 5.32 Å². The molecule has 0 aromatic heterocycles. The molecule has 11 N–H and O–H groups in total. The molecule has 0 unspecified atom stereocenters. The van der Waals surface area contributed by atoms with Crippen LogP contribution in [0.4, 0.5) is 0 Å². The van der Waals surface area contributed by atoms with E-state index in [2.05, 4.69) is 5.32 Å². The van der Waals surface area contributed by atoms with E-state index in [1.54, 1.807) is 13.8 Å². The highest BCUT2D eigenvalue weighted by Gasteiger charge is 2.51. The van der Waals surface area contributed by atoms with Crippen molar-refractivity contribution < 1.29 is 0 Å². The average molecular weight is 363 g/mol. The highest BCUT2D eigenvalue weighted by molar-refractivity contribution is 6.05. The molecule has 8 heteroatoms. The largest absolute Gasteiger partial charge is 0.387 e. The van der Waals surface area contributed by atoms with E-state index < -0.39 is 5.41 Å². The zero-order chi connectivity index (χ0) is 19.7. The molecule has 4 aliphatic rings. The molecule has 0 aromatic rings. The summed E-state index contributed by atoms with van der Waals surface area (Å²) in [7, 11) is 0. The number of amidine groups is 4. The highest BCUT2D eigenvalue weighted by Crippen LogP contribution is 2.55. The molecule has 8 nitrogen and oxygen atoms in total. The molecule has 4 fully saturated rings. The van der Waals surface area contributed by atoms with Crippen molar-refractivity contribution >= 4 is 23.3 Å². The Morgan fingerprint density at radius 2 is 1.27 bits per heavy atom. The number of hydrogen-bond acceptors (Lipinski definition) is 4. The summed E-state index contributed by atoms with van der Waals surface area (Å²) in [6.45, 7) is 3.27. The molecule has 0 atom stereocenters. The molecular weight excluding hydrogens is 328 g/mol. The highest BCUT2D eigenvalue weighted by atomic mass is 15.0. The smallest absolute Gasteiger partial charge is 0.104 e. The monoisotopic (exact) mass is 362 g/mol. The van der Waals surface area contributed by atoms with Gasteiger partial charge in [-0.05, 0) is 70.1 Å². The molecule has 146 valence electrons. The van der Waals surface area contributed by atoms with Gasteiger partial charge in [0.15, 0.2) is 0 Å². The van der Waals surface area contributed by atoms with Crippen molar-refractivity contribution in [2.24, 2.45) is 40.4 Å². The number of nitrogens with one attached hydrogen (secondary N) is 5. The second-order valence-electron chi connectivity index (χ2n) is 8.96. The third-order valence-electron chi connectivity index (χ3n) is 6.17. The quantitative estimate of drug-likeness (QED) is 0.273. The fraction of sp³-hybridized carbons (Fsp3) is 0.778. The first-order chi connectivity index (χ1) is 11.9. The first-order valence-electron chi connectivity index (χ1n) is 9.31.